The van der Waals surface area contributed by atoms with Crippen molar-refractivity contribution < 1.29 is 29.6 Å². The van der Waals surface area contributed by atoms with Crippen molar-refractivity contribution in [2.24, 2.45) is 34.5 Å². The normalized spacial score (nSPS) is 40.6. The summed E-state index contributed by atoms with van der Waals surface area (Å²) in [5, 5.41) is 36.0. The molecule has 1 heterocycles. The highest BCUT2D eigenvalue weighted by molar-refractivity contribution is 5.96. The second-order valence-electron chi connectivity index (χ2n) is 12.1. The van der Waals surface area contributed by atoms with Crippen molar-refractivity contribution in [2.45, 2.75) is 51.9 Å². The number of ether oxygens (including phenoxy) is 1. The summed E-state index contributed by atoms with van der Waals surface area (Å²) >= 11 is 0. The van der Waals surface area contributed by atoms with Crippen LogP contribution in [0.5, 0.6) is 0 Å². The van der Waals surface area contributed by atoms with E-state index in [0.29, 0.717) is 17.7 Å². The summed E-state index contributed by atoms with van der Waals surface area (Å²) in [7, 11) is 0. The molecule has 2 fully saturated rings. The van der Waals surface area contributed by atoms with Crippen molar-refractivity contribution in [3.8, 4) is 0 Å². The van der Waals surface area contributed by atoms with Crippen LogP contribution in [0.2, 0.25) is 0 Å². The number of benzene rings is 1. The van der Waals surface area contributed by atoms with Crippen LogP contribution in [0, 0.1) is 34.5 Å². The van der Waals surface area contributed by atoms with Crippen molar-refractivity contribution >= 4 is 17.4 Å². The molecule has 2 saturated carbocycles. The number of anilines is 1. The molecule has 0 amide bonds. The lowest BCUT2D eigenvalue weighted by Gasteiger charge is -2.48. The number of Topliss-reactive ketones (excluding diaryl/α,β-unsaturated/α-hetero) is 1. The number of carbonyl (C=O) groups is 2. The van der Waals surface area contributed by atoms with Crippen LogP contribution in [0.4, 0.5) is 5.69 Å². The molecular weight excluding hydrogens is 486 g/mol. The second kappa shape index (κ2) is 8.26. The molecule has 5 N–H and O–H groups in total. The number of hydrazine groups is 2. The third-order valence-electron chi connectivity index (χ3n) is 9.97. The van der Waals surface area contributed by atoms with Crippen LogP contribution in [-0.4, -0.2) is 51.5 Å². The maximum atomic E-state index is 14.4. The number of aliphatic hydroxyl groups is 3. The molecule has 9 nitrogen and oxygen atoms in total. The van der Waals surface area contributed by atoms with E-state index >= 15 is 0 Å². The fraction of sp³-hybridized carbons (Fsp3) is 0.517. The number of para-hydroxylation sites is 1. The van der Waals surface area contributed by atoms with Crippen LogP contribution >= 0.6 is 0 Å². The van der Waals surface area contributed by atoms with Gasteiger partial charge in [0.05, 0.1) is 17.7 Å². The number of carbonyl (C=O) groups excluding carboxylic acids is 2. The molecule has 2 bridgehead atoms. The molecule has 0 saturated heterocycles. The summed E-state index contributed by atoms with van der Waals surface area (Å²) in [6.45, 7) is 7.43. The number of ketones is 1. The van der Waals surface area contributed by atoms with Gasteiger partial charge in [-0.15, -0.1) is 5.53 Å². The monoisotopic (exact) mass is 521 g/mol. The average molecular weight is 522 g/mol. The molecule has 5 aliphatic rings. The zero-order valence-corrected chi connectivity index (χ0v) is 22.0. The number of allylic oxidation sites excluding steroid dienone is 1. The summed E-state index contributed by atoms with van der Waals surface area (Å²) in [6.07, 6.45) is 2.65. The van der Waals surface area contributed by atoms with Gasteiger partial charge in [-0.25, -0.2) is 4.79 Å². The van der Waals surface area contributed by atoms with Crippen molar-refractivity contribution in [1.82, 2.24) is 11.0 Å². The van der Waals surface area contributed by atoms with E-state index in [-0.39, 0.29) is 40.2 Å². The fourth-order valence-corrected chi connectivity index (χ4v) is 7.98. The van der Waals surface area contributed by atoms with E-state index in [2.05, 4.69) is 24.8 Å². The number of hydrogen-bond donors (Lipinski definition) is 5. The summed E-state index contributed by atoms with van der Waals surface area (Å²) in [5.41, 5.74) is 3.50. The van der Waals surface area contributed by atoms with Crippen LogP contribution in [0.3, 0.4) is 0 Å². The molecule has 9 heteroatoms. The lowest BCUT2D eigenvalue weighted by molar-refractivity contribution is -0.201. The van der Waals surface area contributed by atoms with Gasteiger partial charge in [0.15, 0.2) is 23.2 Å². The zero-order chi connectivity index (χ0) is 27.2. The summed E-state index contributed by atoms with van der Waals surface area (Å²) in [6, 6.07) is 9.16. The maximum absolute atomic E-state index is 14.4. The SMILES string of the molecule is CC1=C[C@]23C(=O)[C@@H](C=C(CO)[C@@H](O)[C@]2(O)[C@H]1OC(=O)C1=CNNN1c1ccccc1)[C@H]1[C@@H](C[C@H]3C)C1(C)C. The van der Waals surface area contributed by atoms with Gasteiger partial charge in [-0.2, -0.15) is 0 Å². The van der Waals surface area contributed by atoms with Gasteiger partial charge in [0.25, 0.3) is 0 Å². The molecule has 1 aromatic rings. The van der Waals surface area contributed by atoms with Crippen molar-refractivity contribution in [3.63, 3.8) is 0 Å². The van der Waals surface area contributed by atoms with Gasteiger partial charge in [0.1, 0.15) is 6.10 Å². The van der Waals surface area contributed by atoms with E-state index in [0.717, 1.165) is 0 Å². The Bertz CT molecular complexity index is 1290. The second-order valence-corrected chi connectivity index (χ2v) is 12.1. The fourth-order valence-electron chi connectivity index (χ4n) is 7.98. The van der Waals surface area contributed by atoms with E-state index in [4.69, 9.17) is 4.74 Å². The highest BCUT2D eigenvalue weighted by Crippen LogP contribution is 2.71. The van der Waals surface area contributed by atoms with Crippen molar-refractivity contribution in [2.75, 3.05) is 11.6 Å². The van der Waals surface area contributed by atoms with Crippen LogP contribution in [0.25, 0.3) is 0 Å². The number of nitrogens with zero attached hydrogens (tertiary/aromatic N) is 1. The van der Waals surface area contributed by atoms with E-state index in [1.54, 1.807) is 19.1 Å². The smallest absolute Gasteiger partial charge is 0.358 e. The molecule has 1 spiro atoms. The van der Waals surface area contributed by atoms with Gasteiger partial charge < -0.3 is 25.5 Å². The summed E-state index contributed by atoms with van der Waals surface area (Å²) in [4.78, 5) is 28.0. The van der Waals surface area contributed by atoms with E-state index in [1.807, 2.05) is 37.3 Å². The Labute approximate surface area is 221 Å². The third kappa shape index (κ3) is 3.07. The van der Waals surface area contributed by atoms with Gasteiger partial charge in [-0.05, 0) is 59.8 Å². The molecule has 202 valence electrons. The Morgan fingerprint density at radius 2 is 1.95 bits per heavy atom. The highest BCUT2D eigenvalue weighted by Gasteiger charge is 2.76. The van der Waals surface area contributed by atoms with Gasteiger partial charge >= 0.3 is 5.97 Å². The first-order valence-corrected chi connectivity index (χ1v) is 13.2. The molecule has 1 aromatic carbocycles. The molecular formula is C29H35N3O6. The van der Waals surface area contributed by atoms with Gasteiger partial charge in [-0.1, -0.05) is 51.1 Å². The van der Waals surface area contributed by atoms with Crippen LogP contribution in [0.1, 0.15) is 34.1 Å². The highest BCUT2D eigenvalue weighted by atomic mass is 16.6. The lowest BCUT2D eigenvalue weighted by atomic mass is 9.59. The number of fused-ring (bicyclic) bond motifs is 3. The average Bonchev–Trinajstić information content (AvgIpc) is 3.20. The molecule has 0 unspecified atom stereocenters. The lowest BCUT2D eigenvalue weighted by Crippen LogP contribution is -2.66. The van der Waals surface area contributed by atoms with Crippen molar-refractivity contribution in [3.05, 3.63) is 65.5 Å². The van der Waals surface area contributed by atoms with E-state index < -0.39 is 41.7 Å². The predicted octanol–water partition coefficient (Wildman–Crippen LogP) is 1.74. The van der Waals surface area contributed by atoms with Gasteiger partial charge in [0, 0.05) is 12.1 Å². The Balaban J connectivity index is 1.40. The summed E-state index contributed by atoms with van der Waals surface area (Å²) in [5.74, 6) is -1.46. The Morgan fingerprint density at radius 3 is 2.63 bits per heavy atom. The molecule has 0 radical (unpaired) electrons. The molecule has 0 aromatic heterocycles. The molecule has 1 aliphatic heterocycles. The Hall–Kier alpha value is -2.98. The Morgan fingerprint density at radius 1 is 1.24 bits per heavy atom. The predicted molar refractivity (Wildman–Crippen MR) is 139 cm³/mol. The van der Waals surface area contributed by atoms with Crippen LogP contribution < -0.4 is 16.0 Å². The summed E-state index contributed by atoms with van der Waals surface area (Å²) < 4.78 is 5.98. The minimum atomic E-state index is -2.18. The number of esters is 1. The Kier molecular flexibility index (Phi) is 5.50. The molecule has 38 heavy (non-hydrogen) atoms. The number of rotatable bonds is 4. The first kappa shape index (κ1) is 25.3. The van der Waals surface area contributed by atoms with Crippen LogP contribution in [0.15, 0.2) is 65.5 Å². The molecule has 8 atom stereocenters. The topological polar surface area (TPSA) is 131 Å². The van der Waals surface area contributed by atoms with Crippen LogP contribution in [-0.2, 0) is 14.3 Å². The first-order valence-electron chi connectivity index (χ1n) is 13.2. The third-order valence-corrected chi connectivity index (χ3v) is 9.97. The largest absolute Gasteiger partial charge is 0.450 e. The van der Waals surface area contributed by atoms with E-state index in [1.165, 1.54) is 11.2 Å². The van der Waals surface area contributed by atoms with Gasteiger partial charge in [-0.3, -0.25) is 9.80 Å². The first-order chi connectivity index (χ1) is 18.0. The number of aliphatic hydroxyl groups excluding tert-OH is 2. The van der Waals surface area contributed by atoms with Gasteiger partial charge in [0.2, 0.25) is 0 Å². The van der Waals surface area contributed by atoms with E-state index in [9.17, 15) is 24.9 Å². The standard InChI is InChI=1S/C29H35N3O6/c1-15-12-28-16(2)10-20-22(27(20,3)4)19(24(28)35)11-17(14-33)23(34)29(28,37)25(15)38-26(36)21-13-30-31-32(21)18-8-6-5-7-9-18/h5-9,11-13,16,19-20,22-23,25,30-31,33-34,37H,10,14H2,1-4H3/t16-,19+,20-,22+,23-,25+,28+,29+/m1/s1. The zero-order valence-electron chi connectivity index (χ0n) is 22.0. The molecule has 6 rings (SSSR count). The maximum Gasteiger partial charge on any atom is 0.358 e. The quantitative estimate of drug-likeness (QED) is 0.297. The van der Waals surface area contributed by atoms with Crippen molar-refractivity contribution in [1.29, 1.82) is 0 Å². The number of nitrogens with one attached hydrogen (secondary N) is 2. The number of hydrogen-bond acceptors (Lipinski definition) is 9. The minimum absolute atomic E-state index is 0.0558. The molecule has 4 aliphatic carbocycles. The minimum Gasteiger partial charge on any atom is -0.450 e.